The van der Waals surface area contributed by atoms with Crippen LogP contribution in [0.1, 0.15) is 57.7 Å². The van der Waals surface area contributed by atoms with Gasteiger partial charge >= 0.3 is 0 Å². The fraction of sp³-hybridized carbons (Fsp3) is 0.800. The van der Waals surface area contributed by atoms with Crippen LogP contribution in [0.5, 0.6) is 0 Å². The van der Waals surface area contributed by atoms with E-state index in [0.717, 1.165) is 25.4 Å². The topological polar surface area (TPSA) is 39.1 Å². The van der Waals surface area contributed by atoms with E-state index in [1.165, 1.54) is 32.1 Å². The lowest BCUT2D eigenvalue weighted by atomic mass is 9.98. The first-order valence-electron chi connectivity index (χ1n) is 7.62. The van der Waals surface area contributed by atoms with Crippen molar-refractivity contribution in [3.63, 3.8) is 0 Å². The summed E-state index contributed by atoms with van der Waals surface area (Å²) in [6.45, 7) is 6.83. The van der Waals surface area contributed by atoms with Crippen molar-refractivity contribution in [2.45, 2.75) is 64.6 Å². The second-order valence-corrected chi connectivity index (χ2v) is 5.69. The van der Waals surface area contributed by atoms with Crippen LogP contribution in [0.4, 0.5) is 0 Å². The van der Waals surface area contributed by atoms with Crippen molar-refractivity contribution in [2.75, 3.05) is 13.2 Å². The Morgan fingerprint density at radius 2 is 2.16 bits per heavy atom. The third-order valence-corrected chi connectivity index (χ3v) is 3.68. The average molecular weight is 265 g/mol. The Kier molecular flexibility index (Phi) is 5.86. The summed E-state index contributed by atoms with van der Waals surface area (Å²) in [6, 6.07) is 2.51. The summed E-state index contributed by atoms with van der Waals surface area (Å²) in [5.74, 6) is 0. The smallest absolute Gasteiger partial charge is 0.0762 e. The Bertz CT molecular complexity index is 356. The molecule has 0 atom stereocenters. The number of nitrogens with one attached hydrogen (secondary N) is 1. The van der Waals surface area contributed by atoms with Crippen LogP contribution < -0.4 is 5.32 Å². The van der Waals surface area contributed by atoms with E-state index in [0.29, 0.717) is 12.1 Å². The van der Waals surface area contributed by atoms with Crippen molar-refractivity contribution in [3.05, 3.63) is 18.0 Å². The quantitative estimate of drug-likeness (QED) is 0.770. The van der Waals surface area contributed by atoms with Gasteiger partial charge in [0.1, 0.15) is 0 Å². The summed E-state index contributed by atoms with van der Waals surface area (Å²) < 4.78 is 7.87. The van der Waals surface area contributed by atoms with E-state index in [4.69, 9.17) is 4.74 Å². The lowest BCUT2D eigenvalue weighted by molar-refractivity contribution is 0.0302. The number of hydrogen-bond acceptors (Lipinski definition) is 3. The van der Waals surface area contributed by atoms with Crippen LogP contribution in [0, 0.1) is 0 Å². The Morgan fingerprint density at radius 1 is 1.37 bits per heavy atom. The Morgan fingerprint density at radius 3 is 2.84 bits per heavy atom. The van der Waals surface area contributed by atoms with Crippen molar-refractivity contribution < 1.29 is 4.74 Å². The van der Waals surface area contributed by atoms with Gasteiger partial charge in [0.2, 0.25) is 0 Å². The van der Waals surface area contributed by atoms with E-state index in [1.54, 1.807) is 0 Å². The second kappa shape index (κ2) is 7.65. The highest BCUT2D eigenvalue weighted by Crippen LogP contribution is 2.19. The van der Waals surface area contributed by atoms with E-state index < -0.39 is 0 Å². The van der Waals surface area contributed by atoms with Gasteiger partial charge < -0.3 is 10.1 Å². The summed E-state index contributed by atoms with van der Waals surface area (Å²) in [5, 5.41) is 7.90. The highest BCUT2D eigenvalue weighted by Gasteiger charge is 2.12. The highest BCUT2D eigenvalue weighted by molar-refractivity contribution is 4.98. The first kappa shape index (κ1) is 14.5. The zero-order valence-electron chi connectivity index (χ0n) is 12.3. The normalized spacial score (nSPS) is 17.2. The molecule has 0 amide bonds. The maximum absolute atomic E-state index is 5.88. The molecule has 0 unspecified atom stereocenters. The Labute approximate surface area is 116 Å². The average Bonchev–Trinajstić information content (AvgIpc) is 2.89. The van der Waals surface area contributed by atoms with Crippen molar-refractivity contribution in [1.29, 1.82) is 0 Å². The summed E-state index contributed by atoms with van der Waals surface area (Å²) in [6.07, 6.45) is 9.11. The number of rotatable bonds is 7. The molecule has 1 N–H and O–H groups in total. The van der Waals surface area contributed by atoms with E-state index in [1.807, 2.05) is 10.9 Å². The molecule has 1 aliphatic carbocycles. The molecule has 2 rings (SSSR count). The molecule has 19 heavy (non-hydrogen) atoms. The predicted molar refractivity (Wildman–Crippen MR) is 77.1 cm³/mol. The van der Waals surface area contributed by atoms with E-state index in [9.17, 15) is 0 Å². The maximum Gasteiger partial charge on any atom is 0.0762 e. The largest absolute Gasteiger partial charge is 0.377 e. The lowest BCUT2D eigenvalue weighted by Crippen LogP contribution is -2.24. The van der Waals surface area contributed by atoms with Crippen LogP contribution in [0.15, 0.2) is 12.3 Å². The summed E-state index contributed by atoms with van der Waals surface area (Å²) in [4.78, 5) is 0. The van der Waals surface area contributed by atoms with Crippen molar-refractivity contribution in [2.24, 2.45) is 0 Å². The molecule has 0 spiro atoms. The van der Waals surface area contributed by atoms with Crippen LogP contribution in [0.25, 0.3) is 0 Å². The molecule has 1 aromatic rings. The Balaban J connectivity index is 1.55. The third kappa shape index (κ3) is 4.96. The molecule has 108 valence electrons. The molecule has 1 heterocycles. The fourth-order valence-electron chi connectivity index (χ4n) is 2.51. The molecule has 0 saturated heterocycles. The van der Waals surface area contributed by atoms with Gasteiger partial charge in [0.05, 0.1) is 18.4 Å². The van der Waals surface area contributed by atoms with Crippen molar-refractivity contribution in [3.8, 4) is 0 Å². The molecule has 1 aromatic heterocycles. The minimum Gasteiger partial charge on any atom is -0.377 e. The van der Waals surface area contributed by atoms with Gasteiger partial charge in [0, 0.05) is 25.3 Å². The number of aromatic nitrogens is 2. The lowest BCUT2D eigenvalue weighted by Gasteiger charge is -2.21. The Hall–Kier alpha value is -0.870. The maximum atomic E-state index is 5.88. The molecule has 0 bridgehead atoms. The SMILES string of the molecule is CC(C)n1ccc(CNCCOC2CCCCC2)n1. The molecule has 1 saturated carbocycles. The number of ether oxygens (including phenoxy) is 1. The van der Waals surface area contributed by atoms with Crippen LogP contribution in [-0.4, -0.2) is 29.0 Å². The second-order valence-electron chi connectivity index (χ2n) is 5.69. The molecule has 0 radical (unpaired) electrons. The fourth-order valence-corrected chi connectivity index (χ4v) is 2.51. The zero-order valence-corrected chi connectivity index (χ0v) is 12.3. The minimum absolute atomic E-state index is 0.434. The highest BCUT2D eigenvalue weighted by atomic mass is 16.5. The van der Waals surface area contributed by atoms with Gasteiger partial charge in [0.15, 0.2) is 0 Å². The first-order valence-corrected chi connectivity index (χ1v) is 7.62. The summed E-state index contributed by atoms with van der Waals surface area (Å²) in [5.41, 5.74) is 1.10. The van der Waals surface area contributed by atoms with Crippen LogP contribution in [0.3, 0.4) is 0 Å². The van der Waals surface area contributed by atoms with Gasteiger partial charge in [-0.3, -0.25) is 4.68 Å². The standard InChI is InChI=1S/C15H27N3O/c1-13(2)18-10-8-14(17-18)12-16-9-11-19-15-6-4-3-5-7-15/h8,10,13,15-16H,3-7,9,11-12H2,1-2H3. The molecule has 0 aliphatic heterocycles. The first-order chi connectivity index (χ1) is 9.25. The monoisotopic (exact) mass is 265 g/mol. The van der Waals surface area contributed by atoms with Gasteiger partial charge in [-0.2, -0.15) is 5.10 Å². The molecule has 1 aliphatic rings. The van der Waals surface area contributed by atoms with Crippen LogP contribution in [0.2, 0.25) is 0 Å². The predicted octanol–water partition coefficient (Wildman–Crippen LogP) is 2.90. The van der Waals surface area contributed by atoms with Gasteiger partial charge in [-0.15, -0.1) is 0 Å². The molecular weight excluding hydrogens is 238 g/mol. The summed E-state index contributed by atoms with van der Waals surface area (Å²) >= 11 is 0. The van der Waals surface area contributed by atoms with Gasteiger partial charge in [0.25, 0.3) is 0 Å². The molecule has 4 heteroatoms. The minimum atomic E-state index is 0.434. The van der Waals surface area contributed by atoms with Gasteiger partial charge in [-0.25, -0.2) is 0 Å². The number of nitrogens with zero attached hydrogens (tertiary/aromatic N) is 2. The molecule has 1 fully saturated rings. The third-order valence-electron chi connectivity index (χ3n) is 3.68. The van der Waals surface area contributed by atoms with Gasteiger partial charge in [-0.05, 0) is 32.8 Å². The summed E-state index contributed by atoms with van der Waals surface area (Å²) in [7, 11) is 0. The van der Waals surface area contributed by atoms with Crippen molar-refractivity contribution in [1.82, 2.24) is 15.1 Å². The van der Waals surface area contributed by atoms with Crippen molar-refractivity contribution >= 4 is 0 Å². The molecular formula is C15H27N3O. The molecule has 4 nitrogen and oxygen atoms in total. The van der Waals surface area contributed by atoms with E-state index in [-0.39, 0.29) is 0 Å². The molecule has 0 aromatic carbocycles. The van der Waals surface area contributed by atoms with Gasteiger partial charge in [-0.1, -0.05) is 19.3 Å². The van der Waals surface area contributed by atoms with E-state index in [2.05, 4.69) is 30.3 Å². The van der Waals surface area contributed by atoms with Crippen LogP contribution in [-0.2, 0) is 11.3 Å². The number of hydrogen-bond donors (Lipinski definition) is 1. The van der Waals surface area contributed by atoms with E-state index >= 15 is 0 Å². The zero-order chi connectivity index (χ0) is 13.5. The van der Waals surface area contributed by atoms with Crippen LogP contribution >= 0.6 is 0 Å².